The minimum atomic E-state index is -0.0931. The molecule has 0 unspecified atom stereocenters. The number of hydrogen-bond acceptors (Lipinski definition) is 4. The van der Waals surface area contributed by atoms with Gasteiger partial charge in [-0.25, -0.2) is 0 Å². The second-order valence-corrected chi connectivity index (χ2v) is 7.05. The van der Waals surface area contributed by atoms with E-state index in [1.165, 1.54) is 6.92 Å². The summed E-state index contributed by atoms with van der Waals surface area (Å²) in [7, 11) is 0. The number of nitrogens with zero attached hydrogens (tertiary/aromatic N) is 4. The maximum absolute atomic E-state index is 11.5. The molecular weight excluding hydrogens is 338 g/mol. The Morgan fingerprint density at radius 1 is 1.07 bits per heavy atom. The lowest BCUT2D eigenvalue weighted by atomic mass is 10.0. The maximum atomic E-state index is 11.5. The van der Waals surface area contributed by atoms with E-state index in [4.69, 9.17) is 5.10 Å². The largest absolute Gasteiger partial charge is 0.326 e. The Bertz CT molecular complexity index is 1180. The monoisotopic (exact) mass is 359 g/mol. The molecule has 1 N–H and O–H groups in total. The Balaban J connectivity index is 2.03. The number of carbonyl (C=O) groups excluding carboxylic acids is 1. The van der Waals surface area contributed by atoms with Gasteiger partial charge in [-0.3, -0.25) is 4.79 Å². The highest BCUT2D eigenvalue weighted by Crippen LogP contribution is 2.32. The first-order chi connectivity index (χ1) is 13.0. The number of hydrogen-bond donors (Lipinski definition) is 1. The first kappa shape index (κ1) is 17.1. The van der Waals surface area contributed by atoms with E-state index >= 15 is 0 Å². The molecule has 0 bridgehead atoms. The molecule has 2 heterocycles. The van der Waals surface area contributed by atoms with Gasteiger partial charge in [-0.2, -0.15) is 9.61 Å². The highest BCUT2D eigenvalue weighted by Gasteiger charge is 2.17. The van der Waals surface area contributed by atoms with Crippen molar-refractivity contribution < 1.29 is 4.79 Å². The Morgan fingerprint density at radius 3 is 2.52 bits per heavy atom. The zero-order chi connectivity index (χ0) is 19.1. The average Bonchev–Trinajstić information content (AvgIpc) is 3.07. The summed E-state index contributed by atoms with van der Waals surface area (Å²) >= 11 is 0. The topological polar surface area (TPSA) is 72.2 Å². The number of aromatic nitrogens is 4. The normalized spacial score (nSPS) is 11.4. The fraction of sp³-hybridized carbons (Fsp3) is 0.238. The van der Waals surface area contributed by atoms with E-state index < -0.39 is 0 Å². The maximum Gasteiger partial charge on any atom is 0.221 e. The first-order valence-electron chi connectivity index (χ1n) is 8.98. The molecule has 136 valence electrons. The number of amides is 1. The average molecular weight is 359 g/mol. The van der Waals surface area contributed by atoms with Gasteiger partial charge < -0.3 is 5.32 Å². The molecule has 0 saturated heterocycles. The minimum absolute atomic E-state index is 0.0931. The summed E-state index contributed by atoms with van der Waals surface area (Å²) in [6, 6.07) is 14.1. The molecule has 0 aliphatic carbocycles. The highest BCUT2D eigenvalue weighted by atomic mass is 16.1. The molecular formula is C21H21N5O. The van der Waals surface area contributed by atoms with Gasteiger partial charge in [0.25, 0.3) is 0 Å². The molecule has 0 aliphatic rings. The van der Waals surface area contributed by atoms with Crippen molar-refractivity contribution in [3.05, 3.63) is 53.9 Å². The predicted molar refractivity (Wildman–Crippen MR) is 107 cm³/mol. The molecule has 2 aromatic carbocycles. The summed E-state index contributed by atoms with van der Waals surface area (Å²) in [5, 5.41) is 18.5. The van der Waals surface area contributed by atoms with Crippen molar-refractivity contribution in [2.45, 2.75) is 33.6 Å². The van der Waals surface area contributed by atoms with Crippen LogP contribution in [0.4, 0.5) is 5.69 Å². The van der Waals surface area contributed by atoms with Crippen molar-refractivity contribution in [2.75, 3.05) is 5.32 Å². The highest BCUT2D eigenvalue weighted by molar-refractivity contribution is 6.02. The molecule has 6 heteroatoms. The van der Waals surface area contributed by atoms with Crippen LogP contribution >= 0.6 is 0 Å². The van der Waals surface area contributed by atoms with Gasteiger partial charge in [0.15, 0.2) is 11.5 Å². The Morgan fingerprint density at radius 2 is 1.81 bits per heavy atom. The fourth-order valence-corrected chi connectivity index (χ4v) is 3.26. The molecule has 0 saturated carbocycles. The molecule has 0 atom stereocenters. The van der Waals surface area contributed by atoms with E-state index in [0.29, 0.717) is 0 Å². The third-order valence-corrected chi connectivity index (χ3v) is 4.63. The number of fused-ring (bicyclic) bond motifs is 3. The summed E-state index contributed by atoms with van der Waals surface area (Å²) < 4.78 is 1.83. The van der Waals surface area contributed by atoms with Crippen LogP contribution in [0.2, 0.25) is 0 Å². The van der Waals surface area contributed by atoms with Crippen molar-refractivity contribution in [1.29, 1.82) is 0 Å². The summed E-state index contributed by atoms with van der Waals surface area (Å²) in [5.41, 5.74) is 4.33. The van der Waals surface area contributed by atoms with Crippen molar-refractivity contribution in [3.63, 3.8) is 0 Å². The van der Waals surface area contributed by atoms with Crippen LogP contribution in [0.5, 0.6) is 0 Å². The van der Waals surface area contributed by atoms with E-state index in [-0.39, 0.29) is 11.8 Å². The van der Waals surface area contributed by atoms with Gasteiger partial charge in [0.05, 0.1) is 5.69 Å². The number of benzene rings is 2. The lowest BCUT2D eigenvalue weighted by Crippen LogP contribution is -2.07. The van der Waals surface area contributed by atoms with Crippen LogP contribution in [0, 0.1) is 6.92 Å². The van der Waals surface area contributed by atoms with Crippen LogP contribution in [0.15, 0.2) is 42.5 Å². The van der Waals surface area contributed by atoms with E-state index in [2.05, 4.69) is 29.4 Å². The van der Waals surface area contributed by atoms with E-state index in [1.807, 2.05) is 53.9 Å². The molecule has 1 amide bonds. The van der Waals surface area contributed by atoms with Gasteiger partial charge in [-0.05, 0) is 18.6 Å². The molecule has 2 aromatic heterocycles. The number of aryl methyl sites for hydroxylation is 1. The lowest BCUT2D eigenvalue weighted by molar-refractivity contribution is -0.114. The minimum Gasteiger partial charge on any atom is -0.326 e. The molecule has 0 aliphatic heterocycles. The van der Waals surface area contributed by atoms with Gasteiger partial charge in [0.1, 0.15) is 0 Å². The molecule has 4 rings (SSSR count). The van der Waals surface area contributed by atoms with Crippen molar-refractivity contribution in [2.24, 2.45) is 0 Å². The Hall–Kier alpha value is -3.28. The van der Waals surface area contributed by atoms with Gasteiger partial charge in [0, 0.05) is 34.9 Å². The van der Waals surface area contributed by atoms with Crippen LogP contribution in [-0.4, -0.2) is 25.7 Å². The van der Waals surface area contributed by atoms with E-state index in [9.17, 15) is 4.79 Å². The second kappa shape index (κ2) is 6.46. The van der Waals surface area contributed by atoms with Crippen molar-refractivity contribution in [1.82, 2.24) is 19.8 Å². The SMILES string of the molecule is CC(=O)Nc1cc(-c2nn3c(C(C)C)nnc3c3ccccc23)ccc1C. The number of carbonyl (C=O) groups is 1. The third kappa shape index (κ3) is 2.93. The first-order valence-corrected chi connectivity index (χ1v) is 8.98. The zero-order valence-electron chi connectivity index (χ0n) is 15.8. The van der Waals surface area contributed by atoms with E-state index in [0.717, 1.165) is 44.8 Å². The summed E-state index contributed by atoms with van der Waals surface area (Å²) in [6.07, 6.45) is 0. The van der Waals surface area contributed by atoms with Gasteiger partial charge in [-0.15, -0.1) is 10.2 Å². The van der Waals surface area contributed by atoms with Gasteiger partial charge in [0.2, 0.25) is 5.91 Å². The smallest absolute Gasteiger partial charge is 0.221 e. The lowest BCUT2D eigenvalue weighted by Gasteiger charge is -2.12. The van der Waals surface area contributed by atoms with Gasteiger partial charge >= 0.3 is 0 Å². The van der Waals surface area contributed by atoms with E-state index in [1.54, 1.807) is 0 Å². The number of nitrogens with one attached hydrogen (secondary N) is 1. The number of anilines is 1. The summed E-state index contributed by atoms with van der Waals surface area (Å²) in [6.45, 7) is 7.64. The quantitative estimate of drug-likeness (QED) is 0.591. The van der Waals surface area contributed by atoms with Crippen LogP contribution in [0.3, 0.4) is 0 Å². The standard InChI is InChI=1S/C21H21N5O/c1-12(2)20-23-24-21-17-8-6-5-7-16(17)19(25-26(20)21)15-10-9-13(3)18(11-15)22-14(4)27/h5-12H,1-4H3,(H,22,27). The molecule has 0 fully saturated rings. The molecule has 4 aromatic rings. The number of rotatable bonds is 3. The van der Waals surface area contributed by atoms with Crippen LogP contribution in [0.25, 0.3) is 27.7 Å². The zero-order valence-corrected chi connectivity index (χ0v) is 15.8. The molecule has 6 nitrogen and oxygen atoms in total. The molecule has 27 heavy (non-hydrogen) atoms. The Labute approximate surface area is 157 Å². The van der Waals surface area contributed by atoms with Crippen LogP contribution in [-0.2, 0) is 4.79 Å². The fourth-order valence-electron chi connectivity index (χ4n) is 3.26. The van der Waals surface area contributed by atoms with Crippen molar-refractivity contribution >= 4 is 28.0 Å². The molecule has 0 radical (unpaired) electrons. The van der Waals surface area contributed by atoms with Gasteiger partial charge in [-0.1, -0.05) is 50.2 Å². The summed E-state index contributed by atoms with van der Waals surface area (Å²) in [4.78, 5) is 11.5. The Kier molecular flexibility index (Phi) is 4.11. The predicted octanol–water partition coefficient (Wildman–Crippen LogP) is 4.33. The third-order valence-electron chi connectivity index (χ3n) is 4.63. The second-order valence-electron chi connectivity index (χ2n) is 7.05. The van der Waals surface area contributed by atoms with Crippen molar-refractivity contribution in [3.8, 4) is 11.3 Å². The molecule has 0 spiro atoms. The van der Waals surface area contributed by atoms with Crippen LogP contribution < -0.4 is 5.32 Å². The summed E-state index contributed by atoms with van der Waals surface area (Å²) in [5.74, 6) is 0.935. The van der Waals surface area contributed by atoms with Crippen LogP contribution in [0.1, 0.15) is 38.1 Å².